The fourth-order valence-electron chi connectivity index (χ4n) is 0.827. The number of furan rings is 1. The van der Waals surface area contributed by atoms with E-state index in [9.17, 15) is 9.59 Å². The molecule has 1 amide bonds. The zero-order valence-corrected chi connectivity index (χ0v) is 7.44. The van der Waals surface area contributed by atoms with Gasteiger partial charge < -0.3 is 19.6 Å². The summed E-state index contributed by atoms with van der Waals surface area (Å²) in [5, 5.41) is 10.9. The molecule has 0 saturated heterocycles. The largest absolute Gasteiger partial charge is 0.475 e. The van der Waals surface area contributed by atoms with Gasteiger partial charge in [0.05, 0.1) is 13.4 Å². The van der Waals surface area contributed by atoms with E-state index < -0.39 is 12.1 Å². The van der Waals surface area contributed by atoms with Gasteiger partial charge in [0.25, 0.3) is 0 Å². The minimum Gasteiger partial charge on any atom is -0.475 e. The second-order valence-corrected chi connectivity index (χ2v) is 2.47. The Kier molecular flexibility index (Phi) is 3.11. The molecule has 0 aromatic carbocycles. The fourth-order valence-corrected chi connectivity index (χ4v) is 0.827. The van der Waals surface area contributed by atoms with Gasteiger partial charge in [-0.05, 0) is 6.07 Å². The van der Waals surface area contributed by atoms with Gasteiger partial charge in [-0.15, -0.1) is 0 Å². The first-order chi connectivity index (χ1) is 6.63. The van der Waals surface area contributed by atoms with Gasteiger partial charge in [-0.2, -0.15) is 0 Å². The van der Waals surface area contributed by atoms with E-state index in [2.05, 4.69) is 10.1 Å². The van der Waals surface area contributed by atoms with Gasteiger partial charge in [-0.1, -0.05) is 0 Å². The third kappa shape index (κ3) is 2.51. The van der Waals surface area contributed by atoms with E-state index in [-0.39, 0.29) is 12.3 Å². The maximum atomic E-state index is 10.6. The number of rotatable bonds is 3. The van der Waals surface area contributed by atoms with Crippen LogP contribution in [0.15, 0.2) is 16.7 Å². The first kappa shape index (κ1) is 10.1. The van der Waals surface area contributed by atoms with E-state index in [4.69, 9.17) is 9.52 Å². The van der Waals surface area contributed by atoms with Crippen molar-refractivity contribution in [2.24, 2.45) is 0 Å². The molecule has 0 aliphatic carbocycles. The summed E-state index contributed by atoms with van der Waals surface area (Å²) in [5.41, 5.74) is 0.563. The van der Waals surface area contributed by atoms with Crippen LogP contribution in [0.25, 0.3) is 0 Å². The van der Waals surface area contributed by atoms with Crippen molar-refractivity contribution < 1.29 is 23.8 Å². The van der Waals surface area contributed by atoms with Crippen LogP contribution in [0.3, 0.4) is 0 Å². The second kappa shape index (κ2) is 4.31. The molecule has 14 heavy (non-hydrogen) atoms. The molecular weight excluding hydrogens is 190 g/mol. The van der Waals surface area contributed by atoms with Crippen molar-refractivity contribution in [3.63, 3.8) is 0 Å². The maximum Gasteiger partial charge on any atom is 0.407 e. The highest BCUT2D eigenvalue weighted by Crippen LogP contribution is 2.07. The lowest BCUT2D eigenvalue weighted by Crippen LogP contribution is -2.21. The molecule has 0 fully saturated rings. The molecule has 76 valence electrons. The summed E-state index contributed by atoms with van der Waals surface area (Å²) >= 11 is 0. The Morgan fingerprint density at radius 2 is 2.36 bits per heavy atom. The van der Waals surface area contributed by atoms with Crippen LogP contribution in [0.2, 0.25) is 0 Å². The Balaban J connectivity index is 2.52. The highest BCUT2D eigenvalue weighted by Gasteiger charge is 2.09. The molecule has 0 saturated carbocycles. The molecule has 0 unspecified atom stereocenters. The van der Waals surface area contributed by atoms with Crippen LogP contribution in [0, 0.1) is 0 Å². The molecular formula is C8H9NO5. The summed E-state index contributed by atoms with van der Waals surface area (Å²) in [5.74, 6) is -1.30. The average Bonchev–Trinajstić information content (AvgIpc) is 2.62. The Bertz CT molecular complexity index is 343. The van der Waals surface area contributed by atoms with E-state index in [1.54, 1.807) is 0 Å². The van der Waals surface area contributed by atoms with Gasteiger partial charge in [0.2, 0.25) is 5.76 Å². The van der Waals surface area contributed by atoms with E-state index in [1.165, 1.54) is 19.4 Å². The molecule has 1 rings (SSSR count). The molecule has 2 N–H and O–H groups in total. The lowest BCUT2D eigenvalue weighted by molar-refractivity contribution is 0.0662. The van der Waals surface area contributed by atoms with Gasteiger partial charge in [-0.3, -0.25) is 0 Å². The summed E-state index contributed by atoms with van der Waals surface area (Å²) < 4.78 is 9.03. The number of methoxy groups -OCH3 is 1. The number of hydrogen-bond acceptors (Lipinski definition) is 4. The summed E-state index contributed by atoms with van der Waals surface area (Å²) in [6, 6.07) is 1.33. The molecule has 0 aliphatic rings. The molecule has 6 nitrogen and oxygen atoms in total. The summed E-state index contributed by atoms with van der Waals surface area (Å²) in [7, 11) is 1.24. The summed E-state index contributed by atoms with van der Waals surface area (Å²) in [4.78, 5) is 21.0. The lowest BCUT2D eigenvalue weighted by atomic mass is 10.3. The standard InChI is InChI=1S/C8H9NO5/c1-13-8(12)9-3-5-2-6(7(10)11)14-4-5/h2,4H,3H2,1H3,(H,9,12)(H,10,11). The van der Waals surface area contributed by atoms with Gasteiger partial charge in [-0.25, -0.2) is 9.59 Å². The topological polar surface area (TPSA) is 88.8 Å². The summed E-state index contributed by atoms with van der Waals surface area (Å²) in [6.45, 7) is 0.170. The minimum atomic E-state index is -1.14. The second-order valence-electron chi connectivity index (χ2n) is 2.47. The van der Waals surface area contributed by atoms with Crippen molar-refractivity contribution in [2.75, 3.05) is 7.11 Å². The van der Waals surface area contributed by atoms with Crippen molar-refractivity contribution in [3.05, 3.63) is 23.7 Å². The van der Waals surface area contributed by atoms with E-state index >= 15 is 0 Å². The number of alkyl carbamates (subject to hydrolysis) is 1. The monoisotopic (exact) mass is 199 g/mol. The van der Waals surface area contributed by atoms with Gasteiger partial charge >= 0.3 is 12.1 Å². The SMILES string of the molecule is COC(=O)NCc1coc(C(=O)O)c1. The number of ether oxygens (including phenoxy) is 1. The molecule has 0 spiro atoms. The van der Waals surface area contributed by atoms with E-state index in [0.29, 0.717) is 5.56 Å². The smallest absolute Gasteiger partial charge is 0.407 e. The molecule has 1 aromatic rings. The predicted molar refractivity (Wildman–Crippen MR) is 44.9 cm³/mol. The van der Waals surface area contributed by atoms with Crippen molar-refractivity contribution >= 4 is 12.1 Å². The average molecular weight is 199 g/mol. The third-order valence-electron chi connectivity index (χ3n) is 1.49. The lowest BCUT2D eigenvalue weighted by Gasteiger charge is -1.99. The number of aromatic carboxylic acids is 1. The number of carboxylic acid groups (broad SMARTS) is 1. The van der Waals surface area contributed by atoms with Gasteiger partial charge in [0, 0.05) is 12.1 Å². The van der Waals surface area contributed by atoms with Crippen LogP contribution in [0.4, 0.5) is 4.79 Å². The Morgan fingerprint density at radius 3 is 2.86 bits per heavy atom. The Hall–Kier alpha value is -1.98. The number of carboxylic acids is 1. The van der Waals surface area contributed by atoms with Gasteiger partial charge in [0.1, 0.15) is 0 Å². The van der Waals surface area contributed by atoms with Crippen LogP contribution in [0.5, 0.6) is 0 Å². The highest BCUT2D eigenvalue weighted by atomic mass is 16.5. The molecule has 6 heteroatoms. The van der Waals surface area contributed by atoms with Crippen LogP contribution in [0.1, 0.15) is 16.1 Å². The van der Waals surface area contributed by atoms with Crippen LogP contribution in [-0.2, 0) is 11.3 Å². The normalized spacial score (nSPS) is 9.50. The van der Waals surface area contributed by atoms with Gasteiger partial charge in [0.15, 0.2) is 0 Å². The maximum absolute atomic E-state index is 10.6. The molecule has 0 aliphatic heterocycles. The molecule has 1 aromatic heterocycles. The number of carbonyl (C=O) groups excluding carboxylic acids is 1. The van der Waals surface area contributed by atoms with Crippen LogP contribution >= 0.6 is 0 Å². The Labute approximate surface area is 79.5 Å². The van der Waals surface area contributed by atoms with E-state index in [0.717, 1.165) is 0 Å². The predicted octanol–water partition coefficient (Wildman–Crippen LogP) is 0.834. The molecule has 0 bridgehead atoms. The Morgan fingerprint density at radius 1 is 1.64 bits per heavy atom. The number of carbonyl (C=O) groups is 2. The third-order valence-corrected chi connectivity index (χ3v) is 1.49. The van der Waals surface area contributed by atoms with Crippen molar-refractivity contribution in [3.8, 4) is 0 Å². The van der Waals surface area contributed by atoms with Crippen LogP contribution < -0.4 is 5.32 Å². The number of hydrogen-bond donors (Lipinski definition) is 2. The van der Waals surface area contributed by atoms with E-state index in [1.807, 2.05) is 0 Å². The molecule has 0 radical (unpaired) electrons. The first-order valence-corrected chi connectivity index (χ1v) is 3.76. The highest BCUT2D eigenvalue weighted by molar-refractivity contribution is 5.84. The zero-order valence-electron chi connectivity index (χ0n) is 7.44. The van der Waals surface area contributed by atoms with Crippen molar-refractivity contribution in [1.82, 2.24) is 5.32 Å². The fraction of sp³-hybridized carbons (Fsp3) is 0.250. The van der Waals surface area contributed by atoms with Crippen LogP contribution in [-0.4, -0.2) is 24.3 Å². The molecule has 1 heterocycles. The quantitative estimate of drug-likeness (QED) is 0.752. The minimum absolute atomic E-state index is 0.160. The first-order valence-electron chi connectivity index (χ1n) is 3.76. The number of amides is 1. The molecule has 0 atom stereocenters. The number of nitrogens with one attached hydrogen (secondary N) is 1. The zero-order chi connectivity index (χ0) is 10.6. The summed E-state index contributed by atoms with van der Waals surface area (Å²) in [6.07, 6.45) is 0.683. The van der Waals surface area contributed by atoms with Crippen molar-refractivity contribution in [1.29, 1.82) is 0 Å². The van der Waals surface area contributed by atoms with Crippen molar-refractivity contribution in [2.45, 2.75) is 6.54 Å².